The van der Waals surface area contributed by atoms with Gasteiger partial charge in [0.05, 0.1) is 5.54 Å². The number of rotatable bonds is 5. The molecule has 0 aliphatic heterocycles. The maximum absolute atomic E-state index is 8.07. The van der Waals surface area contributed by atoms with E-state index in [2.05, 4.69) is 43.3 Å². The lowest BCUT2D eigenvalue weighted by Crippen LogP contribution is -2.39. The van der Waals surface area contributed by atoms with Gasteiger partial charge in [-0.2, -0.15) is 0 Å². The maximum Gasteiger partial charge on any atom is 0.0922 e. The molecule has 0 saturated carbocycles. The van der Waals surface area contributed by atoms with Crippen molar-refractivity contribution in [2.45, 2.75) is 25.3 Å². The largest absolute Gasteiger partial charge is 0.396 e. The Hall–Kier alpha value is -2.42. The van der Waals surface area contributed by atoms with Gasteiger partial charge in [-0.1, -0.05) is 104 Å². The zero-order valence-electron chi connectivity index (χ0n) is 14.8. The second-order valence-electron chi connectivity index (χ2n) is 5.98. The summed E-state index contributed by atoms with van der Waals surface area (Å²) in [6, 6.07) is 30.7. The Balaban J connectivity index is 0.000000399. The molecule has 3 rings (SSSR count). The van der Waals surface area contributed by atoms with Crippen molar-refractivity contribution in [2.24, 2.45) is 5.73 Å². The predicted molar refractivity (Wildman–Crippen MR) is 105 cm³/mol. The van der Waals surface area contributed by atoms with Gasteiger partial charge in [-0.3, -0.25) is 0 Å². The monoisotopic (exact) mass is 333 g/mol. The molecule has 0 saturated heterocycles. The van der Waals surface area contributed by atoms with Gasteiger partial charge >= 0.3 is 0 Å². The highest BCUT2D eigenvalue weighted by Gasteiger charge is 2.31. The standard InChI is InChI=1S/C19H17N.C4H10O/c20-19(16-10-4-1-5-11-16,17-12-6-2-7-13-17)18-14-8-3-9-15-18;1-2-3-4-5/h1-15H,20H2;5H,2-4H2,1H3. The third-order valence-corrected chi connectivity index (χ3v) is 4.20. The maximum atomic E-state index is 8.07. The van der Waals surface area contributed by atoms with E-state index < -0.39 is 5.54 Å². The van der Waals surface area contributed by atoms with Crippen molar-refractivity contribution in [2.75, 3.05) is 6.61 Å². The second-order valence-corrected chi connectivity index (χ2v) is 5.98. The molecule has 0 fully saturated rings. The molecule has 3 N–H and O–H groups in total. The first-order valence-corrected chi connectivity index (χ1v) is 8.79. The third kappa shape index (κ3) is 4.79. The highest BCUT2D eigenvalue weighted by molar-refractivity contribution is 5.48. The summed E-state index contributed by atoms with van der Waals surface area (Å²) in [6.45, 7) is 2.40. The molecule has 0 amide bonds. The van der Waals surface area contributed by atoms with Crippen LogP contribution in [0.25, 0.3) is 0 Å². The van der Waals surface area contributed by atoms with Crippen LogP contribution < -0.4 is 5.73 Å². The van der Waals surface area contributed by atoms with Crippen LogP contribution in [0.15, 0.2) is 91.0 Å². The molecule has 25 heavy (non-hydrogen) atoms. The van der Waals surface area contributed by atoms with Gasteiger partial charge in [0.25, 0.3) is 0 Å². The van der Waals surface area contributed by atoms with E-state index in [4.69, 9.17) is 10.8 Å². The first kappa shape index (κ1) is 18.9. The Morgan fingerprint density at radius 1 is 0.680 bits per heavy atom. The van der Waals surface area contributed by atoms with Gasteiger partial charge in [-0.05, 0) is 23.1 Å². The van der Waals surface area contributed by atoms with Crippen LogP contribution >= 0.6 is 0 Å². The molecule has 0 aromatic heterocycles. The minimum Gasteiger partial charge on any atom is -0.396 e. The van der Waals surface area contributed by atoms with Crippen LogP contribution in [-0.4, -0.2) is 11.7 Å². The van der Waals surface area contributed by atoms with Crippen LogP contribution in [0.5, 0.6) is 0 Å². The molecule has 0 spiro atoms. The molecular formula is C23H27NO. The molecular weight excluding hydrogens is 306 g/mol. The molecule has 2 heteroatoms. The van der Waals surface area contributed by atoms with E-state index >= 15 is 0 Å². The first-order chi connectivity index (χ1) is 12.2. The molecule has 0 unspecified atom stereocenters. The summed E-state index contributed by atoms with van der Waals surface area (Å²) in [7, 11) is 0. The minimum absolute atomic E-state index is 0.344. The van der Waals surface area contributed by atoms with Gasteiger partial charge < -0.3 is 10.8 Å². The number of hydrogen-bond donors (Lipinski definition) is 2. The SMILES string of the molecule is CCCCO.NC(c1ccccc1)(c1ccccc1)c1ccccc1. The highest BCUT2D eigenvalue weighted by atomic mass is 16.2. The summed E-state index contributed by atoms with van der Waals surface area (Å²) in [5.74, 6) is 0. The minimum atomic E-state index is -0.621. The van der Waals surface area contributed by atoms with Crippen molar-refractivity contribution in [3.63, 3.8) is 0 Å². The average Bonchev–Trinajstić information content (AvgIpc) is 2.70. The molecule has 3 aromatic rings. The van der Waals surface area contributed by atoms with Crippen molar-refractivity contribution < 1.29 is 5.11 Å². The summed E-state index contributed by atoms with van der Waals surface area (Å²) >= 11 is 0. The van der Waals surface area contributed by atoms with Crippen LogP contribution in [-0.2, 0) is 5.54 Å². The Morgan fingerprint density at radius 3 is 1.20 bits per heavy atom. The highest BCUT2D eigenvalue weighted by Crippen LogP contribution is 2.33. The summed E-state index contributed by atoms with van der Waals surface area (Å²) in [5, 5.41) is 8.07. The smallest absolute Gasteiger partial charge is 0.0922 e. The van der Waals surface area contributed by atoms with Crippen molar-refractivity contribution in [3.8, 4) is 0 Å². The zero-order valence-corrected chi connectivity index (χ0v) is 14.8. The van der Waals surface area contributed by atoms with E-state index in [0.29, 0.717) is 6.61 Å². The molecule has 0 atom stereocenters. The van der Waals surface area contributed by atoms with Gasteiger partial charge in [0.15, 0.2) is 0 Å². The number of hydrogen-bond acceptors (Lipinski definition) is 2. The molecule has 3 aromatic carbocycles. The van der Waals surface area contributed by atoms with E-state index in [9.17, 15) is 0 Å². The molecule has 0 heterocycles. The molecule has 0 aliphatic rings. The Kier molecular flexibility index (Phi) is 7.39. The van der Waals surface area contributed by atoms with Crippen LogP contribution in [0.1, 0.15) is 36.5 Å². The fraction of sp³-hybridized carbons (Fsp3) is 0.217. The third-order valence-electron chi connectivity index (χ3n) is 4.20. The second kappa shape index (κ2) is 9.77. The lowest BCUT2D eigenvalue weighted by Gasteiger charge is -2.31. The number of nitrogens with two attached hydrogens (primary N) is 1. The molecule has 0 radical (unpaired) electrons. The molecule has 130 valence electrons. The fourth-order valence-electron chi connectivity index (χ4n) is 2.76. The van der Waals surface area contributed by atoms with E-state index in [-0.39, 0.29) is 0 Å². The van der Waals surface area contributed by atoms with Gasteiger partial charge in [0, 0.05) is 6.61 Å². The number of benzene rings is 3. The Labute approximate surface area is 151 Å². The van der Waals surface area contributed by atoms with Crippen molar-refractivity contribution in [1.82, 2.24) is 0 Å². The van der Waals surface area contributed by atoms with Gasteiger partial charge in [-0.15, -0.1) is 0 Å². The van der Waals surface area contributed by atoms with Crippen LogP contribution in [0.4, 0.5) is 0 Å². The number of unbranched alkanes of at least 4 members (excludes halogenated alkanes) is 1. The van der Waals surface area contributed by atoms with E-state index in [1.807, 2.05) is 54.6 Å². The average molecular weight is 333 g/mol. The fourth-order valence-corrected chi connectivity index (χ4v) is 2.76. The van der Waals surface area contributed by atoms with Crippen molar-refractivity contribution >= 4 is 0 Å². The van der Waals surface area contributed by atoms with Gasteiger partial charge in [-0.25, -0.2) is 0 Å². The first-order valence-electron chi connectivity index (χ1n) is 8.79. The molecule has 0 bridgehead atoms. The normalized spacial score (nSPS) is 10.7. The molecule has 2 nitrogen and oxygen atoms in total. The summed E-state index contributed by atoms with van der Waals surface area (Å²) in [5.41, 5.74) is 9.53. The lowest BCUT2D eigenvalue weighted by molar-refractivity contribution is 0.287. The Morgan fingerprint density at radius 2 is 1.00 bits per heavy atom. The van der Waals surface area contributed by atoms with E-state index in [1.54, 1.807) is 0 Å². The van der Waals surface area contributed by atoms with Crippen LogP contribution in [0.3, 0.4) is 0 Å². The van der Waals surface area contributed by atoms with E-state index in [0.717, 1.165) is 29.5 Å². The van der Waals surface area contributed by atoms with E-state index in [1.165, 1.54) is 0 Å². The topological polar surface area (TPSA) is 46.2 Å². The number of aliphatic hydroxyl groups is 1. The summed E-state index contributed by atoms with van der Waals surface area (Å²) in [6.07, 6.45) is 2.04. The summed E-state index contributed by atoms with van der Waals surface area (Å²) < 4.78 is 0. The Bertz CT molecular complexity index is 612. The molecule has 0 aliphatic carbocycles. The van der Waals surface area contributed by atoms with Crippen molar-refractivity contribution in [3.05, 3.63) is 108 Å². The number of aliphatic hydroxyl groups excluding tert-OH is 1. The quantitative estimate of drug-likeness (QED) is 0.664. The summed E-state index contributed by atoms with van der Waals surface area (Å²) in [4.78, 5) is 0. The van der Waals surface area contributed by atoms with Crippen LogP contribution in [0, 0.1) is 0 Å². The predicted octanol–water partition coefficient (Wildman–Crippen LogP) is 4.72. The van der Waals surface area contributed by atoms with Gasteiger partial charge in [0.1, 0.15) is 0 Å². The van der Waals surface area contributed by atoms with Gasteiger partial charge in [0.2, 0.25) is 0 Å². The van der Waals surface area contributed by atoms with Crippen molar-refractivity contribution in [1.29, 1.82) is 0 Å². The zero-order chi connectivity index (χ0) is 18.0. The van der Waals surface area contributed by atoms with Crippen LogP contribution in [0.2, 0.25) is 0 Å². The lowest BCUT2D eigenvalue weighted by atomic mass is 9.78.